The molecule has 1 saturated heterocycles. The van der Waals surface area contributed by atoms with Gasteiger partial charge in [0.2, 0.25) is 0 Å². The molecule has 0 N–H and O–H groups in total. The molecule has 15 heavy (non-hydrogen) atoms. The number of esters is 1. The smallest absolute Gasteiger partial charge is 0.306 e. The average Bonchev–Trinajstić information content (AvgIpc) is 2.71. The van der Waals surface area contributed by atoms with E-state index in [1.165, 1.54) is 19.3 Å². The van der Waals surface area contributed by atoms with Crippen molar-refractivity contribution < 1.29 is 9.53 Å². The van der Waals surface area contributed by atoms with Crippen LogP contribution in [0.1, 0.15) is 46.5 Å². The van der Waals surface area contributed by atoms with Gasteiger partial charge in [0, 0.05) is 5.92 Å². The fraction of sp³-hybridized carbons (Fsp3) is 0.923. The molecule has 0 radical (unpaired) electrons. The molecule has 2 aliphatic carbocycles. The van der Waals surface area contributed by atoms with Crippen molar-refractivity contribution in [2.75, 3.05) is 0 Å². The van der Waals surface area contributed by atoms with Gasteiger partial charge in [0.25, 0.3) is 0 Å². The first kappa shape index (κ1) is 11.0. The molecule has 2 nitrogen and oxygen atoms in total. The van der Waals surface area contributed by atoms with Gasteiger partial charge in [-0.05, 0) is 37.0 Å². The molecule has 0 aromatic rings. The van der Waals surface area contributed by atoms with E-state index in [2.05, 4.69) is 20.8 Å². The third-order valence-electron chi connectivity index (χ3n) is 3.68. The minimum Gasteiger partial charge on any atom is -0.462 e. The Morgan fingerprint density at radius 3 is 2.40 bits per heavy atom. The SMILES string of the molecule is CC(C)C.O=C1CC2C3CCC(C3)C2O1. The Hall–Kier alpha value is -0.530. The second-order valence-electron chi connectivity index (χ2n) is 5.89. The quantitative estimate of drug-likeness (QED) is 0.574. The third-order valence-corrected chi connectivity index (χ3v) is 3.68. The fourth-order valence-corrected chi connectivity index (χ4v) is 3.22. The van der Waals surface area contributed by atoms with E-state index in [4.69, 9.17) is 4.74 Å². The number of rotatable bonds is 0. The van der Waals surface area contributed by atoms with E-state index in [-0.39, 0.29) is 5.97 Å². The van der Waals surface area contributed by atoms with E-state index in [9.17, 15) is 4.79 Å². The molecule has 86 valence electrons. The van der Waals surface area contributed by atoms with Gasteiger partial charge in [-0.3, -0.25) is 4.79 Å². The fourth-order valence-electron chi connectivity index (χ4n) is 3.22. The molecular weight excluding hydrogens is 188 g/mol. The number of ether oxygens (including phenoxy) is 1. The molecule has 3 rings (SSSR count). The zero-order valence-electron chi connectivity index (χ0n) is 10.0. The Morgan fingerprint density at radius 2 is 1.80 bits per heavy atom. The van der Waals surface area contributed by atoms with Crippen molar-refractivity contribution in [2.45, 2.75) is 52.6 Å². The minimum atomic E-state index is 0.0524. The topological polar surface area (TPSA) is 26.3 Å². The van der Waals surface area contributed by atoms with Crippen LogP contribution in [0.25, 0.3) is 0 Å². The van der Waals surface area contributed by atoms with Gasteiger partial charge >= 0.3 is 5.97 Å². The molecule has 3 aliphatic rings. The molecule has 0 aromatic heterocycles. The summed E-state index contributed by atoms with van der Waals surface area (Å²) in [6.45, 7) is 6.50. The number of hydrogen-bond acceptors (Lipinski definition) is 2. The lowest BCUT2D eigenvalue weighted by molar-refractivity contribution is -0.143. The van der Waals surface area contributed by atoms with Gasteiger partial charge in [-0.15, -0.1) is 0 Å². The molecule has 4 atom stereocenters. The molecular formula is C13H22O2. The van der Waals surface area contributed by atoms with Crippen LogP contribution in [0.3, 0.4) is 0 Å². The summed E-state index contributed by atoms with van der Waals surface area (Å²) in [4.78, 5) is 11.0. The lowest BCUT2D eigenvalue weighted by Gasteiger charge is -2.21. The first-order chi connectivity index (χ1) is 7.08. The monoisotopic (exact) mass is 210 g/mol. The Labute approximate surface area is 92.4 Å². The minimum absolute atomic E-state index is 0.0524. The van der Waals surface area contributed by atoms with Gasteiger partial charge in [0.1, 0.15) is 6.10 Å². The van der Waals surface area contributed by atoms with Crippen molar-refractivity contribution in [3.8, 4) is 0 Å². The lowest BCUT2D eigenvalue weighted by Crippen LogP contribution is -2.23. The number of fused-ring (bicyclic) bond motifs is 5. The highest BCUT2D eigenvalue weighted by Gasteiger charge is 2.53. The summed E-state index contributed by atoms with van der Waals surface area (Å²) in [5.41, 5.74) is 0. The van der Waals surface area contributed by atoms with Crippen LogP contribution in [0, 0.1) is 23.7 Å². The zero-order valence-corrected chi connectivity index (χ0v) is 10.0. The summed E-state index contributed by atoms with van der Waals surface area (Å²) in [6, 6.07) is 0. The highest BCUT2D eigenvalue weighted by molar-refractivity contribution is 5.72. The maximum atomic E-state index is 11.0. The van der Waals surface area contributed by atoms with Crippen molar-refractivity contribution >= 4 is 5.97 Å². The van der Waals surface area contributed by atoms with E-state index in [0.717, 1.165) is 17.8 Å². The van der Waals surface area contributed by atoms with Crippen molar-refractivity contribution in [3.63, 3.8) is 0 Å². The molecule has 2 heteroatoms. The van der Waals surface area contributed by atoms with E-state index in [1.807, 2.05) is 0 Å². The second kappa shape index (κ2) is 4.15. The molecule has 2 saturated carbocycles. The summed E-state index contributed by atoms with van der Waals surface area (Å²) < 4.78 is 5.28. The van der Waals surface area contributed by atoms with Crippen molar-refractivity contribution in [3.05, 3.63) is 0 Å². The largest absolute Gasteiger partial charge is 0.462 e. The van der Waals surface area contributed by atoms with Gasteiger partial charge in [0.15, 0.2) is 0 Å². The Balaban J connectivity index is 0.000000188. The average molecular weight is 210 g/mol. The zero-order chi connectivity index (χ0) is 11.0. The van der Waals surface area contributed by atoms with Gasteiger partial charge in [0.05, 0.1) is 6.42 Å². The molecule has 4 unspecified atom stereocenters. The highest BCUT2D eigenvalue weighted by Crippen LogP contribution is 2.53. The van der Waals surface area contributed by atoms with Crippen LogP contribution in [0.15, 0.2) is 0 Å². The molecule has 0 spiro atoms. The summed E-state index contributed by atoms with van der Waals surface area (Å²) >= 11 is 0. The van der Waals surface area contributed by atoms with Crippen LogP contribution in [-0.4, -0.2) is 12.1 Å². The maximum Gasteiger partial charge on any atom is 0.306 e. The predicted molar refractivity (Wildman–Crippen MR) is 59.3 cm³/mol. The third kappa shape index (κ3) is 2.19. The van der Waals surface area contributed by atoms with Crippen molar-refractivity contribution in [1.29, 1.82) is 0 Å². The first-order valence-corrected chi connectivity index (χ1v) is 6.27. The van der Waals surface area contributed by atoms with E-state index in [1.54, 1.807) is 0 Å². The standard InChI is InChI=1S/C9H12O2.C4H10/c10-8-4-7-5-1-2-6(3-5)9(7)11-8;1-4(2)3/h5-7,9H,1-4H2;4H,1-3H3. The van der Waals surface area contributed by atoms with Crippen molar-refractivity contribution in [2.24, 2.45) is 23.7 Å². The summed E-state index contributed by atoms with van der Waals surface area (Å²) in [6.07, 6.45) is 5.04. The highest BCUT2D eigenvalue weighted by atomic mass is 16.6. The van der Waals surface area contributed by atoms with Crippen LogP contribution in [0.4, 0.5) is 0 Å². The van der Waals surface area contributed by atoms with Crippen LogP contribution >= 0.6 is 0 Å². The number of carbonyl (C=O) groups excluding carboxylic acids is 1. The van der Waals surface area contributed by atoms with Crippen LogP contribution in [-0.2, 0) is 9.53 Å². The van der Waals surface area contributed by atoms with Gasteiger partial charge in [-0.1, -0.05) is 20.8 Å². The van der Waals surface area contributed by atoms with E-state index in [0.29, 0.717) is 18.4 Å². The van der Waals surface area contributed by atoms with Gasteiger partial charge in [-0.2, -0.15) is 0 Å². The molecule has 2 bridgehead atoms. The maximum absolute atomic E-state index is 11.0. The Kier molecular flexibility index (Phi) is 3.03. The van der Waals surface area contributed by atoms with Crippen LogP contribution < -0.4 is 0 Å². The number of carbonyl (C=O) groups is 1. The first-order valence-electron chi connectivity index (χ1n) is 6.27. The summed E-state index contributed by atoms with van der Waals surface area (Å²) in [7, 11) is 0. The van der Waals surface area contributed by atoms with Crippen LogP contribution in [0.2, 0.25) is 0 Å². The van der Waals surface area contributed by atoms with Crippen LogP contribution in [0.5, 0.6) is 0 Å². The molecule has 1 heterocycles. The number of hydrogen-bond donors (Lipinski definition) is 0. The molecule has 3 fully saturated rings. The molecule has 0 amide bonds. The predicted octanol–water partition coefficient (Wildman–Crippen LogP) is 3.01. The Bertz CT molecular complexity index is 224. The molecule has 0 aromatic carbocycles. The van der Waals surface area contributed by atoms with E-state index < -0.39 is 0 Å². The normalized spacial score (nSPS) is 41.2. The van der Waals surface area contributed by atoms with Gasteiger partial charge < -0.3 is 4.74 Å². The van der Waals surface area contributed by atoms with Crippen molar-refractivity contribution in [1.82, 2.24) is 0 Å². The van der Waals surface area contributed by atoms with Gasteiger partial charge in [-0.25, -0.2) is 0 Å². The summed E-state index contributed by atoms with van der Waals surface area (Å²) in [5, 5.41) is 0. The lowest BCUT2D eigenvalue weighted by atomic mass is 9.86. The second-order valence-corrected chi connectivity index (χ2v) is 5.89. The summed E-state index contributed by atoms with van der Waals surface area (Å²) in [5.74, 6) is 3.06. The molecule has 1 aliphatic heterocycles. The van der Waals surface area contributed by atoms with E-state index >= 15 is 0 Å². The Morgan fingerprint density at radius 1 is 1.20 bits per heavy atom.